The van der Waals surface area contributed by atoms with E-state index in [1.165, 1.54) is 0 Å². The molecule has 0 radical (unpaired) electrons. The Kier molecular flexibility index (Phi) is 4.25. The van der Waals surface area contributed by atoms with Crippen LogP contribution in [0.2, 0.25) is 5.02 Å². The highest BCUT2D eigenvalue weighted by Gasteiger charge is 2.20. The zero-order valence-corrected chi connectivity index (χ0v) is 12.5. The average Bonchev–Trinajstić information content (AvgIpc) is 2.97. The SMILES string of the molecule is O=C(NC1=NCCN1c1ccc(Cl)cc1)Nc1ccccc1. The second-order valence-corrected chi connectivity index (χ2v) is 5.21. The van der Waals surface area contributed by atoms with Gasteiger partial charge in [0.1, 0.15) is 0 Å². The Labute approximate surface area is 133 Å². The number of anilines is 2. The highest BCUT2D eigenvalue weighted by Crippen LogP contribution is 2.19. The van der Waals surface area contributed by atoms with Gasteiger partial charge in [-0.15, -0.1) is 0 Å². The number of guanidine groups is 1. The fourth-order valence-corrected chi connectivity index (χ4v) is 2.34. The van der Waals surface area contributed by atoms with Gasteiger partial charge in [0, 0.05) is 22.9 Å². The van der Waals surface area contributed by atoms with Gasteiger partial charge in [0.15, 0.2) is 0 Å². The molecule has 3 rings (SSSR count). The molecule has 0 bridgehead atoms. The Morgan fingerprint density at radius 2 is 1.77 bits per heavy atom. The van der Waals surface area contributed by atoms with E-state index in [1.807, 2.05) is 59.5 Å². The summed E-state index contributed by atoms with van der Waals surface area (Å²) in [6, 6.07) is 16.4. The maximum atomic E-state index is 12.0. The lowest BCUT2D eigenvalue weighted by Crippen LogP contribution is -2.43. The topological polar surface area (TPSA) is 56.7 Å². The summed E-state index contributed by atoms with van der Waals surface area (Å²) in [4.78, 5) is 18.3. The molecule has 0 aromatic heterocycles. The molecule has 0 saturated carbocycles. The van der Waals surface area contributed by atoms with Crippen molar-refractivity contribution >= 4 is 35.0 Å². The zero-order valence-electron chi connectivity index (χ0n) is 11.8. The molecule has 2 N–H and O–H groups in total. The lowest BCUT2D eigenvalue weighted by molar-refractivity contribution is 0.256. The molecule has 22 heavy (non-hydrogen) atoms. The molecule has 5 nitrogen and oxygen atoms in total. The molecular weight excluding hydrogens is 300 g/mol. The predicted octanol–water partition coefficient (Wildman–Crippen LogP) is 3.34. The number of halogens is 1. The second kappa shape index (κ2) is 6.49. The number of rotatable bonds is 2. The zero-order chi connectivity index (χ0) is 15.4. The lowest BCUT2D eigenvalue weighted by atomic mass is 10.3. The summed E-state index contributed by atoms with van der Waals surface area (Å²) in [5, 5.41) is 6.23. The second-order valence-electron chi connectivity index (χ2n) is 4.78. The Morgan fingerprint density at radius 3 is 2.50 bits per heavy atom. The normalized spacial score (nSPS) is 13.7. The van der Waals surface area contributed by atoms with Gasteiger partial charge in [-0.2, -0.15) is 0 Å². The van der Waals surface area contributed by atoms with Crippen molar-refractivity contribution < 1.29 is 4.79 Å². The van der Waals surface area contributed by atoms with Crippen LogP contribution in [0.1, 0.15) is 0 Å². The number of aliphatic imine (C=N–C) groups is 1. The van der Waals surface area contributed by atoms with E-state index in [0.29, 0.717) is 17.5 Å². The summed E-state index contributed by atoms with van der Waals surface area (Å²) in [5.41, 5.74) is 1.68. The van der Waals surface area contributed by atoms with E-state index in [-0.39, 0.29) is 6.03 Å². The first-order valence-electron chi connectivity index (χ1n) is 6.93. The third kappa shape index (κ3) is 3.38. The number of carbonyl (C=O) groups excluding carboxylic acids is 1. The van der Waals surface area contributed by atoms with E-state index in [2.05, 4.69) is 15.6 Å². The van der Waals surface area contributed by atoms with E-state index in [9.17, 15) is 4.79 Å². The minimum atomic E-state index is -0.314. The molecule has 2 aromatic rings. The van der Waals surface area contributed by atoms with Gasteiger partial charge in [0.2, 0.25) is 5.96 Å². The van der Waals surface area contributed by atoms with Crippen molar-refractivity contribution in [2.75, 3.05) is 23.3 Å². The summed E-state index contributed by atoms with van der Waals surface area (Å²) in [6.45, 7) is 1.37. The van der Waals surface area contributed by atoms with Crippen LogP contribution in [0.3, 0.4) is 0 Å². The van der Waals surface area contributed by atoms with Crippen molar-refractivity contribution in [2.45, 2.75) is 0 Å². The van der Waals surface area contributed by atoms with Crippen LogP contribution in [-0.4, -0.2) is 25.1 Å². The number of amides is 2. The summed E-state index contributed by atoms with van der Waals surface area (Å²) >= 11 is 5.90. The Morgan fingerprint density at radius 1 is 1.05 bits per heavy atom. The highest BCUT2D eigenvalue weighted by atomic mass is 35.5. The van der Waals surface area contributed by atoms with Crippen LogP contribution in [-0.2, 0) is 0 Å². The van der Waals surface area contributed by atoms with E-state index in [4.69, 9.17) is 11.6 Å². The predicted molar refractivity (Wildman–Crippen MR) is 89.7 cm³/mol. The molecule has 2 aromatic carbocycles. The van der Waals surface area contributed by atoms with Crippen molar-refractivity contribution in [1.82, 2.24) is 5.32 Å². The number of para-hydroxylation sites is 1. The third-order valence-corrected chi connectivity index (χ3v) is 3.49. The fraction of sp³-hybridized carbons (Fsp3) is 0.125. The smallest absolute Gasteiger partial charge is 0.310 e. The van der Waals surface area contributed by atoms with Gasteiger partial charge < -0.3 is 10.2 Å². The first-order chi connectivity index (χ1) is 10.7. The first-order valence-corrected chi connectivity index (χ1v) is 7.31. The average molecular weight is 315 g/mol. The summed E-state index contributed by atoms with van der Waals surface area (Å²) in [6.07, 6.45) is 0. The van der Waals surface area contributed by atoms with Crippen LogP contribution in [0.4, 0.5) is 16.2 Å². The highest BCUT2D eigenvalue weighted by molar-refractivity contribution is 6.30. The monoisotopic (exact) mass is 314 g/mol. The number of urea groups is 1. The van der Waals surface area contributed by atoms with Gasteiger partial charge in [-0.05, 0) is 36.4 Å². The molecule has 1 heterocycles. The minimum absolute atomic E-state index is 0.314. The molecule has 0 fully saturated rings. The molecule has 1 aliphatic rings. The van der Waals surface area contributed by atoms with Crippen molar-refractivity contribution in [2.24, 2.45) is 4.99 Å². The molecule has 0 aliphatic carbocycles. The number of carbonyl (C=O) groups is 1. The number of benzene rings is 2. The largest absolute Gasteiger partial charge is 0.326 e. The van der Waals surface area contributed by atoms with Crippen molar-refractivity contribution in [3.8, 4) is 0 Å². The Hall–Kier alpha value is -2.53. The third-order valence-electron chi connectivity index (χ3n) is 3.24. The van der Waals surface area contributed by atoms with Crippen molar-refractivity contribution in [3.05, 3.63) is 59.6 Å². The van der Waals surface area contributed by atoms with E-state index >= 15 is 0 Å². The van der Waals surface area contributed by atoms with Crippen molar-refractivity contribution in [1.29, 1.82) is 0 Å². The van der Waals surface area contributed by atoms with Gasteiger partial charge in [-0.1, -0.05) is 29.8 Å². The Bertz CT molecular complexity index is 685. The van der Waals surface area contributed by atoms with Crippen LogP contribution in [0.5, 0.6) is 0 Å². The maximum absolute atomic E-state index is 12.0. The van der Waals surface area contributed by atoms with E-state index in [1.54, 1.807) is 0 Å². The van der Waals surface area contributed by atoms with Crippen LogP contribution < -0.4 is 15.5 Å². The number of hydrogen-bond donors (Lipinski definition) is 2. The number of nitrogens with zero attached hydrogens (tertiary/aromatic N) is 2. The quantitative estimate of drug-likeness (QED) is 0.893. The molecule has 0 saturated heterocycles. The molecule has 6 heteroatoms. The molecule has 112 valence electrons. The first kappa shape index (κ1) is 14.4. The number of hydrogen-bond acceptors (Lipinski definition) is 3. The molecule has 0 atom stereocenters. The summed E-state index contributed by atoms with van der Waals surface area (Å²) in [5.74, 6) is 0.538. The maximum Gasteiger partial charge on any atom is 0.326 e. The molecule has 1 aliphatic heterocycles. The van der Waals surface area contributed by atoms with Crippen LogP contribution in [0.25, 0.3) is 0 Å². The van der Waals surface area contributed by atoms with E-state index in [0.717, 1.165) is 17.9 Å². The van der Waals surface area contributed by atoms with Gasteiger partial charge in [0.25, 0.3) is 0 Å². The number of nitrogens with one attached hydrogen (secondary N) is 2. The van der Waals surface area contributed by atoms with Gasteiger partial charge >= 0.3 is 6.03 Å². The minimum Gasteiger partial charge on any atom is -0.310 e. The van der Waals surface area contributed by atoms with Crippen LogP contribution in [0.15, 0.2) is 59.6 Å². The summed E-state index contributed by atoms with van der Waals surface area (Å²) < 4.78 is 0. The lowest BCUT2D eigenvalue weighted by Gasteiger charge is -2.20. The molecule has 2 amide bonds. The van der Waals surface area contributed by atoms with Gasteiger partial charge in [0.05, 0.1) is 6.54 Å². The Balaban J connectivity index is 1.66. The molecule has 0 unspecified atom stereocenters. The van der Waals surface area contributed by atoms with Crippen LogP contribution >= 0.6 is 11.6 Å². The van der Waals surface area contributed by atoms with Crippen molar-refractivity contribution in [3.63, 3.8) is 0 Å². The summed E-state index contributed by atoms with van der Waals surface area (Å²) in [7, 11) is 0. The molecule has 0 spiro atoms. The molecular formula is C16H15ClN4O. The van der Waals surface area contributed by atoms with Gasteiger partial charge in [-0.25, -0.2) is 4.79 Å². The van der Waals surface area contributed by atoms with Gasteiger partial charge in [-0.3, -0.25) is 10.3 Å². The van der Waals surface area contributed by atoms with Crippen LogP contribution in [0, 0.1) is 0 Å². The fourth-order valence-electron chi connectivity index (χ4n) is 2.21. The van der Waals surface area contributed by atoms with E-state index < -0.39 is 0 Å². The standard InChI is InChI=1S/C16H15ClN4O/c17-12-6-8-14(9-7-12)21-11-10-18-15(21)20-16(22)19-13-4-2-1-3-5-13/h1-9H,10-11H2,(H2,18,19,20,22).